The predicted molar refractivity (Wildman–Crippen MR) is 56.0 cm³/mol. The molecule has 1 rings (SSSR count). The molecule has 0 aliphatic carbocycles. The molecule has 2 atom stereocenters. The minimum Gasteiger partial charge on any atom is -0.481 e. The smallest absolute Gasteiger partial charge is 0.310 e. The highest BCUT2D eigenvalue weighted by Crippen LogP contribution is 2.25. The molecule has 0 aromatic heterocycles. The molecule has 0 bridgehead atoms. The van der Waals surface area contributed by atoms with E-state index in [1.165, 1.54) is 17.2 Å². The van der Waals surface area contributed by atoms with Gasteiger partial charge in [0, 0.05) is 12.5 Å². The largest absolute Gasteiger partial charge is 0.481 e. The first kappa shape index (κ1) is 11.5. The summed E-state index contributed by atoms with van der Waals surface area (Å²) in [4.78, 5) is 23.9. The normalized spacial score (nSPS) is 22.5. The van der Waals surface area contributed by atoms with E-state index in [4.69, 9.17) is 5.11 Å². The number of carbonyl (C=O) groups excluding carboxylic acids is 1. The molecule has 1 aliphatic rings. The number of carbonyl (C=O) groups is 2. The number of carboxylic acids is 1. The van der Waals surface area contributed by atoms with E-state index in [-0.39, 0.29) is 11.8 Å². The lowest BCUT2D eigenvalue weighted by Gasteiger charge is -2.13. The van der Waals surface area contributed by atoms with Gasteiger partial charge >= 0.3 is 5.97 Å². The Morgan fingerprint density at radius 3 is 2.73 bits per heavy atom. The van der Waals surface area contributed by atoms with Crippen LogP contribution in [0, 0.1) is 11.8 Å². The van der Waals surface area contributed by atoms with Crippen LogP contribution in [0.1, 0.15) is 12.8 Å². The first-order valence-corrected chi connectivity index (χ1v) is 4.88. The lowest BCUT2D eigenvalue weighted by molar-refractivity contribution is -0.140. The minimum atomic E-state index is -0.921. The summed E-state index contributed by atoms with van der Waals surface area (Å²) in [5.41, 5.74) is 0. The Morgan fingerprint density at radius 2 is 2.33 bits per heavy atom. The number of hydrogen-bond donors (Lipinski definition) is 1. The lowest BCUT2D eigenvalue weighted by Crippen LogP contribution is -2.24. The maximum absolute atomic E-state index is 11.6. The van der Waals surface area contributed by atoms with E-state index >= 15 is 0 Å². The Kier molecular flexibility index (Phi) is 3.66. The van der Waals surface area contributed by atoms with Crippen LogP contribution < -0.4 is 0 Å². The van der Waals surface area contributed by atoms with Gasteiger partial charge in [0.05, 0.1) is 5.92 Å². The standard InChI is InChI=1S/C11H15NO3/c1-3-8(11(14)15)7-9-5-6-12(4-2)10(9)13/h3-4,8-9H,1-2,5-7H2,(H,14,15). The molecule has 1 N–H and O–H groups in total. The van der Waals surface area contributed by atoms with Crippen LogP contribution in [0.15, 0.2) is 25.4 Å². The first-order chi connectivity index (χ1) is 7.10. The zero-order valence-corrected chi connectivity index (χ0v) is 8.56. The van der Waals surface area contributed by atoms with Crippen molar-refractivity contribution in [1.82, 2.24) is 4.90 Å². The Morgan fingerprint density at radius 1 is 1.67 bits per heavy atom. The summed E-state index contributed by atoms with van der Waals surface area (Å²) in [7, 11) is 0. The van der Waals surface area contributed by atoms with Crippen molar-refractivity contribution in [3.05, 3.63) is 25.4 Å². The molecular weight excluding hydrogens is 194 g/mol. The zero-order valence-electron chi connectivity index (χ0n) is 8.56. The van der Waals surface area contributed by atoms with E-state index in [0.717, 1.165) is 0 Å². The molecule has 0 saturated carbocycles. The summed E-state index contributed by atoms with van der Waals surface area (Å²) in [5.74, 6) is -1.79. The van der Waals surface area contributed by atoms with Gasteiger partial charge in [-0.05, 0) is 19.0 Å². The van der Waals surface area contributed by atoms with Gasteiger partial charge in [-0.1, -0.05) is 12.7 Å². The third-order valence-corrected chi connectivity index (χ3v) is 2.71. The van der Waals surface area contributed by atoms with E-state index in [2.05, 4.69) is 13.2 Å². The van der Waals surface area contributed by atoms with Crippen molar-refractivity contribution >= 4 is 11.9 Å². The zero-order chi connectivity index (χ0) is 11.4. The van der Waals surface area contributed by atoms with E-state index in [1.807, 2.05) is 0 Å². The van der Waals surface area contributed by atoms with Crippen molar-refractivity contribution in [3.63, 3.8) is 0 Å². The number of hydrogen-bond acceptors (Lipinski definition) is 2. The maximum atomic E-state index is 11.6. The molecule has 0 radical (unpaired) electrons. The molecule has 1 saturated heterocycles. The van der Waals surface area contributed by atoms with Gasteiger partial charge < -0.3 is 10.0 Å². The predicted octanol–water partition coefficient (Wildman–Crippen LogP) is 1.26. The monoisotopic (exact) mass is 209 g/mol. The summed E-state index contributed by atoms with van der Waals surface area (Å²) in [6.07, 6.45) is 3.91. The van der Waals surface area contributed by atoms with Crippen LogP contribution in [0.5, 0.6) is 0 Å². The number of likely N-dealkylation sites (tertiary alicyclic amines) is 1. The van der Waals surface area contributed by atoms with Gasteiger partial charge in [-0.15, -0.1) is 6.58 Å². The van der Waals surface area contributed by atoms with Gasteiger partial charge in [0.15, 0.2) is 0 Å². The molecule has 2 unspecified atom stereocenters. The van der Waals surface area contributed by atoms with Crippen LogP contribution in [-0.4, -0.2) is 28.4 Å². The minimum absolute atomic E-state index is 0.0295. The summed E-state index contributed by atoms with van der Waals surface area (Å²) >= 11 is 0. The fourth-order valence-corrected chi connectivity index (χ4v) is 1.77. The second-order valence-electron chi connectivity index (χ2n) is 3.62. The molecule has 4 nitrogen and oxygen atoms in total. The number of aliphatic carboxylic acids is 1. The van der Waals surface area contributed by atoms with Gasteiger partial charge in [-0.2, -0.15) is 0 Å². The Labute approximate surface area is 88.9 Å². The molecule has 0 spiro atoms. The molecule has 0 aromatic rings. The van der Waals surface area contributed by atoms with Gasteiger partial charge in [-0.3, -0.25) is 9.59 Å². The molecule has 1 heterocycles. The molecular formula is C11H15NO3. The van der Waals surface area contributed by atoms with Crippen molar-refractivity contribution in [2.75, 3.05) is 6.54 Å². The highest BCUT2D eigenvalue weighted by molar-refractivity contribution is 5.82. The average molecular weight is 209 g/mol. The van der Waals surface area contributed by atoms with E-state index in [0.29, 0.717) is 19.4 Å². The molecule has 82 valence electrons. The highest BCUT2D eigenvalue weighted by atomic mass is 16.4. The van der Waals surface area contributed by atoms with E-state index in [1.54, 1.807) is 0 Å². The van der Waals surface area contributed by atoms with Crippen LogP contribution in [-0.2, 0) is 9.59 Å². The Bertz CT molecular complexity index is 298. The topological polar surface area (TPSA) is 57.6 Å². The fraction of sp³-hybridized carbons (Fsp3) is 0.455. The van der Waals surface area contributed by atoms with Crippen molar-refractivity contribution in [3.8, 4) is 0 Å². The third kappa shape index (κ3) is 2.46. The number of rotatable bonds is 5. The highest BCUT2D eigenvalue weighted by Gasteiger charge is 2.32. The number of nitrogens with zero attached hydrogens (tertiary/aromatic N) is 1. The van der Waals surface area contributed by atoms with Gasteiger partial charge in [-0.25, -0.2) is 0 Å². The summed E-state index contributed by atoms with van der Waals surface area (Å²) in [6.45, 7) is 7.63. The summed E-state index contributed by atoms with van der Waals surface area (Å²) < 4.78 is 0. The number of carboxylic acid groups (broad SMARTS) is 1. The van der Waals surface area contributed by atoms with Crippen LogP contribution in [0.4, 0.5) is 0 Å². The van der Waals surface area contributed by atoms with Gasteiger partial charge in [0.2, 0.25) is 5.91 Å². The van der Waals surface area contributed by atoms with Crippen LogP contribution in [0.2, 0.25) is 0 Å². The SMILES string of the molecule is C=CC(CC1CCN(C=C)C1=O)C(=O)O. The molecule has 1 fully saturated rings. The Hall–Kier alpha value is -1.58. The second kappa shape index (κ2) is 4.77. The first-order valence-electron chi connectivity index (χ1n) is 4.88. The quantitative estimate of drug-likeness (QED) is 0.693. The number of amides is 1. The van der Waals surface area contributed by atoms with Crippen LogP contribution in [0.3, 0.4) is 0 Å². The molecule has 1 amide bonds. The van der Waals surface area contributed by atoms with Gasteiger partial charge in [0.1, 0.15) is 0 Å². The maximum Gasteiger partial charge on any atom is 0.310 e. The fourth-order valence-electron chi connectivity index (χ4n) is 1.77. The average Bonchev–Trinajstić information content (AvgIpc) is 2.55. The Balaban J connectivity index is 2.60. The third-order valence-electron chi connectivity index (χ3n) is 2.71. The summed E-state index contributed by atoms with van der Waals surface area (Å²) in [6, 6.07) is 0. The molecule has 1 aliphatic heterocycles. The van der Waals surface area contributed by atoms with Crippen molar-refractivity contribution in [1.29, 1.82) is 0 Å². The van der Waals surface area contributed by atoms with Crippen molar-refractivity contribution in [2.45, 2.75) is 12.8 Å². The molecule has 0 aromatic carbocycles. The van der Waals surface area contributed by atoms with Crippen molar-refractivity contribution in [2.24, 2.45) is 11.8 Å². The van der Waals surface area contributed by atoms with Gasteiger partial charge in [0.25, 0.3) is 0 Å². The van der Waals surface area contributed by atoms with E-state index < -0.39 is 11.9 Å². The van der Waals surface area contributed by atoms with Crippen LogP contribution >= 0.6 is 0 Å². The summed E-state index contributed by atoms with van der Waals surface area (Å²) in [5, 5.41) is 8.83. The van der Waals surface area contributed by atoms with Crippen molar-refractivity contribution < 1.29 is 14.7 Å². The van der Waals surface area contributed by atoms with Crippen LogP contribution in [0.25, 0.3) is 0 Å². The molecule has 15 heavy (non-hydrogen) atoms. The lowest BCUT2D eigenvalue weighted by atomic mass is 9.93. The van der Waals surface area contributed by atoms with E-state index in [9.17, 15) is 9.59 Å². The molecule has 4 heteroatoms. The second-order valence-corrected chi connectivity index (χ2v) is 3.62.